The van der Waals surface area contributed by atoms with Crippen molar-refractivity contribution >= 4 is 22.9 Å². The summed E-state index contributed by atoms with van der Waals surface area (Å²) in [6.45, 7) is 3.84. The molecular weight excluding hydrogens is 380 g/mol. The van der Waals surface area contributed by atoms with Gasteiger partial charge in [0, 0.05) is 5.39 Å². The van der Waals surface area contributed by atoms with E-state index in [2.05, 4.69) is 0 Å². The van der Waals surface area contributed by atoms with E-state index < -0.39 is 11.9 Å². The van der Waals surface area contributed by atoms with Crippen LogP contribution in [0.1, 0.15) is 33.2 Å². The van der Waals surface area contributed by atoms with E-state index in [-0.39, 0.29) is 18.1 Å². The lowest BCUT2D eigenvalue weighted by molar-refractivity contribution is 0.0517. The lowest BCUT2D eigenvalue weighted by atomic mass is 10.0. The molecule has 0 amide bonds. The predicted octanol–water partition coefficient (Wildman–Crippen LogP) is 5.80. The van der Waals surface area contributed by atoms with Crippen molar-refractivity contribution in [3.63, 3.8) is 0 Å². The van der Waals surface area contributed by atoms with Gasteiger partial charge in [0.2, 0.25) is 0 Å². The van der Waals surface area contributed by atoms with Gasteiger partial charge in [-0.05, 0) is 49.2 Å². The first-order chi connectivity index (χ1) is 14.6. The number of esters is 2. The van der Waals surface area contributed by atoms with Gasteiger partial charge in [-0.25, -0.2) is 9.59 Å². The molecule has 4 aromatic rings. The first kappa shape index (κ1) is 19.5. The molecule has 0 N–H and O–H groups in total. The summed E-state index contributed by atoms with van der Waals surface area (Å²) in [6, 6.07) is 22.2. The smallest absolute Gasteiger partial charge is 0.346 e. The van der Waals surface area contributed by atoms with Crippen LogP contribution in [0.25, 0.3) is 22.1 Å². The Morgan fingerprint density at radius 2 is 1.60 bits per heavy atom. The van der Waals surface area contributed by atoms with Gasteiger partial charge in [-0.15, -0.1) is 0 Å². The zero-order valence-electron chi connectivity index (χ0n) is 16.7. The number of rotatable bonds is 5. The standard InChI is InChI=1S/C25H20O5/c1-3-28-24(27)22-20-14-13-19(17-7-5-4-6-8-17)15-21(20)29-25(22)30-23(26)18-11-9-16(2)10-12-18/h4-15H,3H2,1-2H3. The number of furan rings is 1. The highest BCUT2D eigenvalue weighted by Gasteiger charge is 2.26. The Hall–Kier alpha value is -3.86. The highest BCUT2D eigenvalue weighted by molar-refractivity contribution is 6.07. The fourth-order valence-electron chi connectivity index (χ4n) is 3.19. The zero-order valence-corrected chi connectivity index (χ0v) is 16.7. The van der Waals surface area contributed by atoms with Crippen LogP contribution in [0, 0.1) is 6.92 Å². The maximum Gasteiger partial charge on any atom is 0.346 e. The minimum Gasteiger partial charge on any atom is -0.462 e. The van der Waals surface area contributed by atoms with Crippen molar-refractivity contribution in [1.29, 1.82) is 0 Å². The highest BCUT2D eigenvalue weighted by atomic mass is 16.6. The van der Waals surface area contributed by atoms with E-state index in [4.69, 9.17) is 13.9 Å². The normalized spacial score (nSPS) is 10.7. The Kier molecular flexibility index (Phi) is 5.35. The quantitative estimate of drug-likeness (QED) is 0.396. The van der Waals surface area contributed by atoms with Gasteiger partial charge in [-0.1, -0.05) is 54.1 Å². The third-order valence-electron chi connectivity index (χ3n) is 4.72. The van der Waals surface area contributed by atoms with E-state index in [0.29, 0.717) is 16.5 Å². The van der Waals surface area contributed by atoms with Gasteiger partial charge in [0.25, 0.3) is 0 Å². The Morgan fingerprint density at radius 3 is 2.30 bits per heavy atom. The van der Waals surface area contributed by atoms with Crippen molar-refractivity contribution in [2.45, 2.75) is 13.8 Å². The summed E-state index contributed by atoms with van der Waals surface area (Å²) in [6.07, 6.45) is 0. The van der Waals surface area contributed by atoms with Crippen LogP contribution >= 0.6 is 0 Å². The lowest BCUT2D eigenvalue weighted by Crippen LogP contribution is -2.12. The van der Waals surface area contributed by atoms with Crippen LogP contribution < -0.4 is 4.74 Å². The van der Waals surface area contributed by atoms with E-state index in [1.165, 1.54) is 0 Å². The van der Waals surface area contributed by atoms with Crippen LogP contribution in [0.3, 0.4) is 0 Å². The molecule has 0 fully saturated rings. The predicted molar refractivity (Wildman–Crippen MR) is 114 cm³/mol. The molecule has 0 radical (unpaired) electrons. The first-order valence-electron chi connectivity index (χ1n) is 9.64. The molecule has 0 aliphatic heterocycles. The summed E-state index contributed by atoms with van der Waals surface area (Å²) in [5, 5.41) is 0.528. The van der Waals surface area contributed by atoms with Crippen molar-refractivity contribution in [3.05, 3.63) is 89.5 Å². The molecule has 0 bridgehead atoms. The van der Waals surface area contributed by atoms with Gasteiger partial charge < -0.3 is 13.9 Å². The summed E-state index contributed by atoms with van der Waals surface area (Å²) in [5.74, 6) is -1.38. The number of hydrogen-bond acceptors (Lipinski definition) is 5. The van der Waals surface area contributed by atoms with E-state index in [0.717, 1.165) is 16.7 Å². The van der Waals surface area contributed by atoms with Gasteiger partial charge >= 0.3 is 17.9 Å². The van der Waals surface area contributed by atoms with E-state index in [1.54, 1.807) is 25.1 Å². The summed E-state index contributed by atoms with van der Waals surface area (Å²) in [4.78, 5) is 25.2. The third kappa shape index (κ3) is 3.82. The van der Waals surface area contributed by atoms with Crippen LogP contribution in [-0.4, -0.2) is 18.5 Å². The number of hydrogen-bond donors (Lipinski definition) is 0. The fourth-order valence-corrected chi connectivity index (χ4v) is 3.19. The molecule has 3 aromatic carbocycles. The summed E-state index contributed by atoms with van der Waals surface area (Å²) >= 11 is 0. The Morgan fingerprint density at radius 1 is 0.867 bits per heavy atom. The van der Waals surface area contributed by atoms with Crippen molar-refractivity contribution in [3.8, 4) is 17.1 Å². The molecule has 30 heavy (non-hydrogen) atoms. The molecule has 0 aliphatic rings. The second-order valence-electron chi connectivity index (χ2n) is 6.82. The molecule has 0 aliphatic carbocycles. The van der Waals surface area contributed by atoms with E-state index >= 15 is 0 Å². The molecule has 4 rings (SSSR count). The molecular formula is C25H20O5. The average molecular weight is 400 g/mol. The van der Waals surface area contributed by atoms with Gasteiger partial charge in [-0.2, -0.15) is 0 Å². The summed E-state index contributed by atoms with van der Waals surface area (Å²) in [5.41, 5.74) is 3.85. The topological polar surface area (TPSA) is 65.7 Å². The molecule has 1 aromatic heterocycles. The number of carbonyl (C=O) groups is 2. The van der Waals surface area contributed by atoms with Gasteiger partial charge in [0.05, 0.1) is 12.2 Å². The number of carbonyl (C=O) groups excluding carboxylic acids is 2. The average Bonchev–Trinajstić information content (AvgIpc) is 3.12. The molecule has 150 valence electrons. The van der Waals surface area contributed by atoms with Crippen molar-refractivity contribution in [1.82, 2.24) is 0 Å². The van der Waals surface area contributed by atoms with Crippen LogP contribution in [0.2, 0.25) is 0 Å². The van der Waals surface area contributed by atoms with Gasteiger partial charge in [0.1, 0.15) is 5.58 Å². The van der Waals surface area contributed by atoms with Crippen molar-refractivity contribution in [2.75, 3.05) is 6.61 Å². The highest BCUT2D eigenvalue weighted by Crippen LogP contribution is 2.35. The zero-order chi connectivity index (χ0) is 21.1. The number of fused-ring (bicyclic) bond motifs is 1. The van der Waals surface area contributed by atoms with Crippen LogP contribution in [-0.2, 0) is 4.74 Å². The minimum atomic E-state index is -0.608. The number of benzene rings is 3. The lowest BCUT2D eigenvalue weighted by Gasteiger charge is -2.04. The SMILES string of the molecule is CCOC(=O)c1c(OC(=O)c2ccc(C)cc2)oc2cc(-c3ccccc3)ccc12. The maximum atomic E-state index is 12.6. The number of ether oxygens (including phenoxy) is 2. The van der Waals surface area contributed by atoms with Gasteiger partial charge in [0.15, 0.2) is 5.56 Å². The van der Waals surface area contributed by atoms with Crippen LogP contribution in [0.5, 0.6) is 5.95 Å². The van der Waals surface area contributed by atoms with E-state index in [1.807, 2.05) is 61.5 Å². The molecule has 0 unspecified atom stereocenters. The molecule has 0 saturated heterocycles. The minimum absolute atomic E-state index is 0.104. The van der Waals surface area contributed by atoms with Crippen molar-refractivity contribution < 1.29 is 23.5 Å². The molecule has 0 spiro atoms. The Balaban J connectivity index is 1.76. The van der Waals surface area contributed by atoms with Crippen LogP contribution in [0.15, 0.2) is 77.2 Å². The maximum absolute atomic E-state index is 12.6. The van der Waals surface area contributed by atoms with Crippen LogP contribution in [0.4, 0.5) is 0 Å². The third-order valence-corrected chi connectivity index (χ3v) is 4.72. The fraction of sp³-hybridized carbons (Fsp3) is 0.120. The van der Waals surface area contributed by atoms with Gasteiger partial charge in [-0.3, -0.25) is 0 Å². The largest absolute Gasteiger partial charge is 0.462 e. The molecule has 1 heterocycles. The Labute approximate surface area is 173 Å². The molecule has 0 atom stereocenters. The second kappa shape index (κ2) is 8.25. The van der Waals surface area contributed by atoms with E-state index in [9.17, 15) is 9.59 Å². The number of aryl methyl sites for hydroxylation is 1. The summed E-state index contributed by atoms with van der Waals surface area (Å²) in [7, 11) is 0. The monoisotopic (exact) mass is 400 g/mol. The Bertz CT molecular complexity index is 1200. The molecule has 5 nitrogen and oxygen atoms in total. The molecule has 0 saturated carbocycles. The van der Waals surface area contributed by atoms with Crippen molar-refractivity contribution in [2.24, 2.45) is 0 Å². The summed E-state index contributed by atoms with van der Waals surface area (Å²) < 4.78 is 16.4. The first-order valence-corrected chi connectivity index (χ1v) is 9.64. The molecule has 5 heteroatoms. The second-order valence-corrected chi connectivity index (χ2v) is 6.82.